The summed E-state index contributed by atoms with van der Waals surface area (Å²) in [6.45, 7) is 4.03. The van der Waals surface area contributed by atoms with Gasteiger partial charge in [0.15, 0.2) is 6.29 Å². The van der Waals surface area contributed by atoms with E-state index in [-0.39, 0.29) is 0 Å². The number of rotatable bonds is 3. The molecule has 3 aromatic rings. The van der Waals surface area contributed by atoms with Gasteiger partial charge in [-0.1, -0.05) is 23.7 Å². The van der Waals surface area contributed by atoms with Crippen molar-refractivity contribution in [2.75, 3.05) is 7.11 Å². The van der Waals surface area contributed by atoms with Crippen LogP contribution in [0.15, 0.2) is 30.3 Å². The third-order valence-electron chi connectivity index (χ3n) is 3.97. The van der Waals surface area contributed by atoms with E-state index in [1.165, 1.54) is 0 Å². The number of H-pyrrole nitrogens is 1. The maximum absolute atomic E-state index is 11.7. The molecule has 0 saturated heterocycles. The van der Waals surface area contributed by atoms with Crippen LogP contribution in [-0.4, -0.2) is 18.4 Å². The second kappa shape index (κ2) is 5.50. The number of carbonyl (C=O) groups excluding carboxylic acids is 1. The first kappa shape index (κ1) is 14.7. The zero-order chi connectivity index (χ0) is 15.9. The topological polar surface area (TPSA) is 42.1 Å². The average Bonchev–Trinajstić information content (AvgIpc) is 2.91. The molecule has 1 heterocycles. The number of nitrogens with one attached hydrogen (secondary N) is 1. The first-order valence-electron chi connectivity index (χ1n) is 6.97. The smallest absolute Gasteiger partial charge is 0.152 e. The lowest BCUT2D eigenvalue weighted by molar-refractivity contribution is 0.112. The Morgan fingerprint density at radius 1 is 1.14 bits per heavy atom. The molecule has 112 valence electrons. The van der Waals surface area contributed by atoms with E-state index in [1.807, 2.05) is 38.1 Å². The third kappa shape index (κ3) is 2.18. The van der Waals surface area contributed by atoms with Gasteiger partial charge in [0.1, 0.15) is 5.75 Å². The van der Waals surface area contributed by atoms with E-state index >= 15 is 0 Å². The summed E-state index contributed by atoms with van der Waals surface area (Å²) in [5.74, 6) is 0.613. The van der Waals surface area contributed by atoms with Crippen molar-refractivity contribution in [2.45, 2.75) is 13.8 Å². The minimum atomic E-state index is 0.518. The molecule has 2 aromatic carbocycles. The lowest BCUT2D eigenvalue weighted by atomic mass is 10.0. The van der Waals surface area contributed by atoms with Crippen molar-refractivity contribution in [1.29, 1.82) is 0 Å². The van der Waals surface area contributed by atoms with Crippen molar-refractivity contribution < 1.29 is 9.53 Å². The highest BCUT2D eigenvalue weighted by atomic mass is 35.5. The van der Waals surface area contributed by atoms with Gasteiger partial charge in [0.25, 0.3) is 0 Å². The lowest BCUT2D eigenvalue weighted by Gasteiger charge is -2.05. The Morgan fingerprint density at radius 3 is 2.50 bits per heavy atom. The number of halogens is 1. The van der Waals surface area contributed by atoms with Crippen molar-refractivity contribution >= 4 is 28.8 Å². The molecule has 0 unspecified atom stereocenters. The van der Waals surface area contributed by atoms with Gasteiger partial charge in [0, 0.05) is 22.0 Å². The number of aromatic amines is 1. The third-order valence-corrected chi connectivity index (χ3v) is 4.26. The minimum Gasteiger partial charge on any atom is -0.495 e. The Hall–Kier alpha value is -2.26. The fraction of sp³-hybridized carbons (Fsp3) is 0.167. The second-order valence-electron chi connectivity index (χ2n) is 5.33. The largest absolute Gasteiger partial charge is 0.495 e. The lowest BCUT2D eigenvalue weighted by Crippen LogP contribution is -1.88. The number of aryl methyl sites for hydroxylation is 2. The molecule has 0 aliphatic rings. The number of aldehydes is 1. The first-order valence-corrected chi connectivity index (χ1v) is 7.35. The molecular weight excluding hydrogens is 298 g/mol. The van der Waals surface area contributed by atoms with Crippen molar-refractivity contribution in [3.05, 3.63) is 52.0 Å². The Bertz CT molecular complexity index is 880. The molecule has 3 nitrogen and oxygen atoms in total. The number of hydrogen-bond acceptors (Lipinski definition) is 2. The van der Waals surface area contributed by atoms with Gasteiger partial charge in [-0.05, 0) is 43.2 Å². The van der Waals surface area contributed by atoms with Gasteiger partial charge in [-0.25, -0.2) is 0 Å². The van der Waals surface area contributed by atoms with E-state index in [4.69, 9.17) is 16.3 Å². The van der Waals surface area contributed by atoms with E-state index in [1.54, 1.807) is 13.2 Å². The summed E-state index contributed by atoms with van der Waals surface area (Å²) in [6, 6.07) is 9.59. The highest BCUT2D eigenvalue weighted by Gasteiger charge is 2.16. The summed E-state index contributed by atoms with van der Waals surface area (Å²) in [7, 11) is 1.58. The van der Waals surface area contributed by atoms with Crippen molar-refractivity contribution in [1.82, 2.24) is 4.98 Å². The van der Waals surface area contributed by atoms with Crippen LogP contribution in [0.4, 0.5) is 0 Å². The van der Waals surface area contributed by atoms with Gasteiger partial charge in [0.05, 0.1) is 17.8 Å². The first-order chi connectivity index (χ1) is 10.6. The molecule has 0 atom stereocenters. The number of aromatic nitrogens is 1. The fourth-order valence-electron chi connectivity index (χ4n) is 2.80. The zero-order valence-electron chi connectivity index (χ0n) is 12.7. The molecule has 22 heavy (non-hydrogen) atoms. The number of ether oxygens (including phenoxy) is 1. The SMILES string of the molecule is COc1ccc(-c2[nH]c3c(C)ccc(C)c3c2C=O)cc1Cl. The Balaban J connectivity index is 2.31. The van der Waals surface area contributed by atoms with Crippen molar-refractivity contribution in [2.24, 2.45) is 0 Å². The maximum Gasteiger partial charge on any atom is 0.152 e. The molecule has 0 aliphatic heterocycles. The van der Waals surface area contributed by atoms with E-state index in [0.29, 0.717) is 16.3 Å². The van der Waals surface area contributed by atoms with Crippen LogP contribution in [0.3, 0.4) is 0 Å². The Kier molecular flexibility index (Phi) is 3.67. The standard InChI is InChI=1S/C18H16ClNO2/c1-10-4-5-11(2)17-16(10)13(9-21)18(20-17)12-6-7-15(22-3)14(19)8-12/h4-9,20H,1-3H3. The van der Waals surface area contributed by atoms with Crippen LogP contribution < -0.4 is 4.74 Å². The molecule has 1 aromatic heterocycles. The van der Waals surface area contributed by atoms with E-state index in [9.17, 15) is 4.79 Å². The van der Waals surface area contributed by atoms with Gasteiger partial charge in [-0.15, -0.1) is 0 Å². The quantitative estimate of drug-likeness (QED) is 0.697. The molecule has 0 radical (unpaired) electrons. The van der Waals surface area contributed by atoms with Crippen LogP contribution in [0, 0.1) is 13.8 Å². The molecule has 0 saturated carbocycles. The number of methoxy groups -OCH3 is 1. The summed E-state index contributed by atoms with van der Waals surface area (Å²) in [5.41, 5.74) is 5.48. The Labute approximate surface area is 133 Å². The average molecular weight is 314 g/mol. The molecule has 4 heteroatoms. The molecule has 0 spiro atoms. The van der Waals surface area contributed by atoms with Gasteiger partial charge in [-0.2, -0.15) is 0 Å². The number of carbonyl (C=O) groups is 1. The van der Waals surface area contributed by atoms with Gasteiger partial charge < -0.3 is 9.72 Å². The van der Waals surface area contributed by atoms with Crippen LogP contribution in [0.2, 0.25) is 5.02 Å². The van der Waals surface area contributed by atoms with Crippen molar-refractivity contribution in [3.63, 3.8) is 0 Å². The molecule has 0 fully saturated rings. The summed E-state index contributed by atoms with van der Waals surface area (Å²) < 4.78 is 5.18. The summed E-state index contributed by atoms with van der Waals surface area (Å²) in [6.07, 6.45) is 0.902. The van der Waals surface area contributed by atoms with Gasteiger partial charge in [0.2, 0.25) is 0 Å². The highest BCUT2D eigenvalue weighted by molar-refractivity contribution is 6.32. The molecule has 0 amide bonds. The second-order valence-corrected chi connectivity index (χ2v) is 5.74. The number of fused-ring (bicyclic) bond motifs is 1. The summed E-state index contributed by atoms with van der Waals surface area (Å²) >= 11 is 6.21. The van der Waals surface area contributed by atoms with Crippen LogP contribution >= 0.6 is 11.6 Å². The van der Waals surface area contributed by atoms with Gasteiger partial charge >= 0.3 is 0 Å². The monoisotopic (exact) mass is 313 g/mol. The fourth-order valence-corrected chi connectivity index (χ4v) is 3.06. The molecule has 0 bridgehead atoms. The maximum atomic E-state index is 11.7. The molecule has 0 aliphatic carbocycles. The highest BCUT2D eigenvalue weighted by Crippen LogP contribution is 2.35. The van der Waals surface area contributed by atoms with Crippen LogP contribution in [0.1, 0.15) is 21.5 Å². The zero-order valence-corrected chi connectivity index (χ0v) is 13.4. The normalized spacial score (nSPS) is 10.9. The van der Waals surface area contributed by atoms with Crippen molar-refractivity contribution in [3.8, 4) is 17.0 Å². The van der Waals surface area contributed by atoms with Crippen LogP contribution in [-0.2, 0) is 0 Å². The van der Waals surface area contributed by atoms with Gasteiger partial charge in [-0.3, -0.25) is 4.79 Å². The number of benzene rings is 2. The van der Waals surface area contributed by atoms with Crippen LogP contribution in [0.5, 0.6) is 5.75 Å². The minimum absolute atomic E-state index is 0.518. The molecule has 3 rings (SSSR count). The predicted molar refractivity (Wildman–Crippen MR) is 90.2 cm³/mol. The Morgan fingerprint density at radius 2 is 1.86 bits per heavy atom. The van der Waals surface area contributed by atoms with E-state index in [0.717, 1.165) is 39.6 Å². The van der Waals surface area contributed by atoms with E-state index < -0.39 is 0 Å². The van der Waals surface area contributed by atoms with Crippen LogP contribution in [0.25, 0.3) is 22.2 Å². The van der Waals surface area contributed by atoms with E-state index in [2.05, 4.69) is 4.98 Å². The summed E-state index contributed by atoms with van der Waals surface area (Å²) in [4.78, 5) is 15.0. The predicted octanol–water partition coefficient (Wildman–Crippen LogP) is 4.93. The number of hydrogen-bond donors (Lipinski definition) is 1. The summed E-state index contributed by atoms with van der Waals surface area (Å²) in [5, 5.41) is 1.49. The molecule has 1 N–H and O–H groups in total. The molecular formula is C18H16ClNO2.